The van der Waals surface area contributed by atoms with Crippen LogP contribution in [0.25, 0.3) is 12.2 Å². The van der Waals surface area contributed by atoms with E-state index in [9.17, 15) is 9.50 Å². The van der Waals surface area contributed by atoms with E-state index in [0.29, 0.717) is 17.6 Å². The maximum absolute atomic E-state index is 13.3. The molecule has 0 fully saturated rings. The Morgan fingerprint density at radius 3 is 2.75 bits per heavy atom. The third kappa shape index (κ3) is 3.53. The van der Waals surface area contributed by atoms with Gasteiger partial charge in [0.05, 0.1) is 0 Å². The quantitative estimate of drug-likeness (QED) is 0.644. The number of allylic oxidation sites excluding steroid dienone is 1. The Hall–Kier alpha value is -2.35. The van der Waals surface area contributed by atoms with E-state index in [0.717, 1.165) is 54.4 Å². The molecule has 1 N–H and O–H groups in total. The summed E-state index contributed by atoms with van der Waals surface area (Å²) >= 11 is 0. The second kappa shape index (κ2) is 7.58. The van der Waals surface area contributed by atoms with Crippen molar-refractivity contribution in [2.45, 2.75) is 58.0 Å². The molecule has 2 heteroatoms. The molecule has 0 radical (unpaired) electrons. The number of hydrogen-bond donors (Lipinski definition) is 1. The first-order valence-electron chi connectivity index (χ1n) is 10.4. The highest BCUT2D eigenvalue weighted by atomic mass is 19.1. The van der Waals surface area contributed by atoms with E-state index in [4.69, 9.17) is 0 Å². The molecule has 28 heavy (non-hydrogen) atoms. The number of fused-ring (bicyclic) bond motifs is 5. The number of aryl methyl sites for hydroxylation is 2. The molecule has 146 valence electrons. The van der Waals surface area contributed by atoms with Gasteiger partial charge in [-0.25, -0.2) is 4.39 Å². The molecule has 2 bridgehead atoms. The highest BCUT2D eigenvalue weighted by Gasteiger charge is 2.31. The molecule has 1 nitrogen and oxygen atoms in total. The summed E-state index contributed by atoms with van der Waals surface area (Å²) in [5, 5.41) is 10.6. The van der Waals surface area contributed by atoms with E-state index >= 15 is 0 Å². The lowest BCUT2D eigenvalue weighted by Gasteiger charge is -2.20. The van der Waals surface area contributed by atoms with Crippen molar-refractivity contribution in [2.24, 2.45) is 5.92 Å². The molecular weight excluding hydrogens is 347 g/mol. The molecule has 2 aliphatic rings. The smallest absolute Gasteiger partial charge is 0.121 e. The monoisotopic (exact) mass is 376 g/mol. The van der Waals surface area contributed by atoms with E-state index in [1.165, 1.54) is 16.7 Å². The van der Waals surface area contributed by atoms with Gasteiger partial charge in [-0.1, -0.05) is 49.1 Å². The fourth-order valence-electron chi connectivity index (χ4n) is 5.01. The van der Waals surface area contributed by atoms with Crippen LogP contribution in [0.1, 0.15) is 64.6 Å². The number of hydrogen-bond acceptors (Lipinski definition) is 1. The summed E-state index contributed by atoms with van der Waals surface area (Å²) in [6.45, 7) is 7.52. The molecule has 4 rings (SSSR count). The Morgan fingerprint density at radius 2 is 2.00 bits per heavy atom. The number of phenols is 1. The molecule has 0 spiro atoms. The van der Waals surface area contributed by atoms with Crippen LogP contribution in [0.4, 0.5) is 4.39 Å². The van der Waals surface area contributed by atoms with Gasteiger partial charge in [-0.15, -0.1) is 0 Å². The van der Waals surface area contributed by atoms with Gasteiger partial charge in [0.2, 0.25) is 0 Å². The second-order valence-corrected chi connectivity index (χ2v) is 8.54. The predicted octanol–water partition coefficient (Wildman–Crippen LogP) is 6.55. The van der Waals surface area contributed by atoms with E-state index in [1.54, 1.807) is 13.0 Å². The summed E-state index contributed by atoms with van der Waals surface area (Å²) in [6.07, 6.45) is 9.70. The van der Waals surface area contributed by atoms with Crippen LogP contribution < -0.4 is 0 Å². The number of rotatable bonds is 3. The minimum absolute atomic E-state index is 0.461. The van der Waals surface area contributed by atoms with Crippen molar-refractivity contribution < 1.29 is 9.50 Å². The normalized spacial score (nSPS) is 22.1. The highest BCUT2D eigenvalue weighted by Crippen LogP contribution is 2.44. The van der Waals surface area contributed by atoms with E-state index < -0.39 is 6.17 Å². The summed E-state index contributed by atoms with van der Waals surface area (Å²) in [5.41, 5.74) is 8.36. The molecule has 0 heterocycles. The first-order valence-corrected chi connectivity index (χ1v) is 10.4. The fourth-order valence-corrected chi connectivity index (χ4v) is 5.01. The van der Waals surface area contributed by atoms with Crippen LogP contribution in [-0.4, -0.2) is 11.3 Å². The summed E-state index contributed by atoms with van der Waals surface area (Å²) in [4.78, 5) is 0. The number of halogens is 1. The lowest BCUT2D eigenvalue weighted by Crippen LogP contribution is -2.06. The van der Waals surface area contributed by atoms with Crippen LogP contribution >= 0.6 is 0 Å². The van der Waals surface area contributed by atoms with E-state index in [-0.39, 0.29) is 0 Å². The van der Waals surface area contributed by atoms with Crippen molar-refractivity contribution in [3.8, 4) is 5.75 Å². The largest absolute Gasteiger partial charge is 0.507 e. The first kappa shape index (κ1) is 19.0. The maximum Gasteiger partial charge on any atom is 0.121 e. The van der Waals surface area contributed by atoms with Gasteiger partial charge in [0.25, 0.3) is 0 Å². The molecular formula is C26H29FO. The van der Waals surface area contributed by atoms with E-state index in [1.807, 2.05) is 25.1 Å². The summed E-state index contributed by atoms with van der Waals surface area (Å²) < 4.78 is 13.3. The Balaban J connectivity index is 1.78. The zero-order chi connectivity index (χ0) is 19.8. The topological polar surface area (TPSA) is 20.2 Å². The van der Waals surface area contributed by atoms with Crippen molar-refractivity contribution >= 4 is 12.2 Å². The molecule has 2 aromatic rings. The standard InChI is InChI=1S/C26H29FO/c1-4-19-15-24-21(13-20(19)9-6-17(3)27)10-7-18-11-23(24)14-22-8-5-16(2)26(28)25(22)12-18/h4-6,8-9,13,15,17-18,23,28H,1,7,10-12,14H2,2-3H3. The third-order valence-corrected chi connectivity index (χ3v) is 6.53. The maximum atomic E-state index is 13.3. The number of benzene rings is 2. The molecule has 2 aliphatic carbocycles. The number of aromatic hydroxyl groups is 1. The predicted molar refractivity (Wildman–Crippen MR) is 116 cm³/mol. The fraction of sp³-hybridized carbons (Fsp3) is 0.385. The van der Waals surface area contributed by atoms with Crippen LogP contribution in [0.2, 0.25) is 0 Å². The van der Waals surface area contributed by atoms with Crippen molar-refractivity contribution in [3.05, 3.63) is 75.9 Å². The average molecular weight is 377 g/mol. The van der Waals surface area contributed by atoms with Crippen LogP contribution in [0.5, 0.6) is 5.75 Å². The lowest BCUT2D eigenvalue weighted by atomic mass is 9.85. The summed E-state index contributed by atoms with van der Waals surface area (Å²) in [7, 11) is 0. The molecule has 0 saturated heterocycles. The van der Waals surface area contributed by atoms with Crippen LogP contribution in [-0.2, 0) is 19.3 Å². The Morgan fingerprint density at radius 1 is 1.18 bits per heavy atom. The van der Waals surface area contributed by atoms with Gasteiger partial charge in [0.1, 0.15) is 11.9 Å². The second-order valence-electron chi connectivity index (χ2n) is 8.54. The van der Waals surface area contributed by atoms with Crippen molar-refractivity contribution in [3.63, 3.8) is 0 Å². The molecule has 0 aromatic heterocycles. The lowest BCUT2D eigenvalue weighted by molar-refractivity contribution is 0.420. The zero-order valence-electron chi connectivity index (χ0n) is 16.8. The molecule has 3 unspecified atom stereocenters. The summed E-state index contributed by atoms with van der Waals surface area (Å²) in [5.74, 6) is 1.54. The van der Waals surface area contributed by atoms with Gasteiger partial charge in [-0.3, -0.25) is 0 Å². The van der Waals surface area contributed by atoms with Gasteiger partial charge in [-0.2, -0.15) is 0 Å². The van der Waals surface area contributed by atoms with Crippen LogP contribution in [0.3, 0.4) is 0 Å². The van der Waals surface area contributed by atoms with Crippen LogP contribution in [0.15, 0.2) is 36.9 Å². The van der Waals surface area contributed by atoms with Crippen molar-refractivity contribution in [1.29, 1.82) is 0 Å². The van der Waals surface area contributed by atoms with Gasteiger partial charge in [-0.05, 0) is 96.7 Å². The summed E-state index contributed by atoms with van der Waals surface area (Å²) in [6, 6.07) is 8.77. The van der Waals surface area contributed by atoms with Gasteiger partial charge in [0.15, 0.2) is 0 Å². The Bertz CT molecular complexity index is 938. The zero-order valence-corrected chi connectivity index (χ0v) is 16.8. The van der Waals surface area contributed by atoms with Crippen LogP contribution in [0, 0.1) is 12.8 Å². The molecule has 0 aliphatic heterocycles. The SMILES string of the molecule is C=Cc1cc2c(cc1C=CC(C)F)CCC1Cc3c(ccc(C)c3O)CC2C1. The van der Waals surface area contributed by atoms with Gasteiger partial charge >= 0.3 is 0 Å². The first-order chi connectivity index (χ1) is 13.5. The van der Waals surface area contributed by atoms with Gasteiger partial charge < -0.3 is 5.11 Å². The molecule has 0 saturated carbocycles. The van der Waals surface area contributed by atoms with Crippen molar-refractivity contribution in [1.82, 2.24) is 0 Å². The number of alkyl halides is 1. The number of phenolic OH excluding ortho intramolecular Hbond substituents is 1. The molecule has 2 aromatic carbocycles. The minimum Gasteiger partial charge on any atom is -0.507 e. The van der Waals surface area contributed by atoms with Crippen molar-refractivity contribution in [2.75, 3.05) is 0 Å². The Kier molecular flexibility index (Phi) is 5.14. The Labute approximate surface area is 167 Å². The third-order valence-electron chi connectivity index (χ3n) is 6.53. The van der Waals surface area contributed by atoms with E-state index in [2.05, 4.69) is 24.8 Å². The average Bonchev–Trinajstić information content (AvgIpc) is 2.97. The minimum atomic E-state index is -0.952. The molecule has 0 amide bonds. The molecule has 3 atom stereocenters. The van der Waals surface area contributed by atoms with Gasteiger partial charge in [0, 0.05) is 0 Å². The highest BCUT2D eigenvalue weighted by molar-refractivity contribution is 5.67.